The Hall–Kier alpha value is -1.30. The topological polar surface area (TPSA) is 80.9 Å². The minimum Gasteiger partial charge on any atom is -0.370 e. The quantitative estimate of drug-likeness (QED) is 0.604. The van der Waals surface area contributed by atoms with Gasteiger partial charge in [0.05, 0.1) is 5.75 Å². The summed E-state index contributed by atoms with van der Waals surface area (Å²) in [5, 5.41) is 4.11. The lowest BCUT2D eigenvalue weighted by Gasteiger charge is -2.12. The number of nitrogens with one attached hydrogen (secondary N) is 1. The molecule has 5 nitrogen and oxygen atoms in total. The van der Waals surface area contributed by atoms with Gasteiger partial charge in [-0.05, 0) is 26.7 Å². The third-order valence-electron chi connectivity index (χ3n) is 2.76. The van der Waals surface area contributed by atoms with Crippen molar-refractivity contribution >= 4 is 23.5 Å². The van der Waals surface area contributed by atoms with E-state index < -0.39 is 0 Å². The predicted molar refractivity (Wildman–Crippen MR) is 72.8 cm³/mol. The second-order valence-corrected chi connectivity index (χ2v) is 5.38. The number of hydrogen-bond donors (Lipinski definition) is 2. The van der Waals surface area contributed by atoms with E-state index in [1.807, 2.05) is 13.8 Å². The van der Waals surface area contributed by atoms with Crippen LogP contribution in [0.5, 0.6) is 0 Å². The second-order valence-electron chi connectivity index (χ2n) is 4.42. The smallest absolute Gasteiger partial charge is 0.227 e. The number of primary amides is 1. The lowest BCUT2D eigenvalue weighted by molar-refractivity contribution is -0.115. The van der Waals surface area contributed by atoms with Gasteiger partial charge in [-0.15, -0.1) is 0 Å². The van der Waals surface area contributed by atoms with Gasteiger partial charge in [0, 0.05) is 18.0 Å². The summed E-state index contributed by atoms with van der Waals surface area (Å²) in [4.78, 5) is 20.0. The third-order valence-corrected chi connectivity index (χ3v) is 3.86. The number of nitrogens with two attached hydrogens (primary N) is 1. The standard InChI is InChI=1S/C12H18N4OS/c1-3-14-10-7(2)12(18-6-9(13)17)16-11(15-10)8-4-5-8/h8H,3-6H2,1-2H3,(H2,13,17)(H,14,15,16). The van der Waals surface area contributed by atoms with E-state index >= 15 is 0 Å². The fourth-order valence-corrected chi connectivity index (χ4v) is 2.41. The summed E-state index contributed by atoms with van der Waals surface area (Å²) in [6.45, 7) is 4.83. The Labute approximate surface area is 111 Å². The number of thioether (sulfide) groups is 1. The molecule has 98 valence electrons. The maximum atomic E-state index is 10.9. The van der Waals surface area contributed by atoms with Gasteiger partial charge in [0.1, 0.15) is 16.7 Å². The summed E-state index contributed by atoms with van der Waals surface area (Å²) < 4.78 is 0. The van der Waals surface area contributed by atoms with Crippen molar-refractivity contribution in [1.29, 1.82) is 0 Å². The van der Waals surface area contributed by atoms with Crippen molar-refractivity contribution in [3.05, 3.63) is 11.4 Å². The molecule has 0 aliphatic heterocycles. The monoisotopic (exact) mass is 266 g/mol. The van der Waals surface area contributed by atoms with Crippen LogP contribution in [0.3, 0.4) is 0 Å². The van der Waals surface area contributed by atoms with E-state index in [2.05, 4.69) is 15.3 Å². The molecular weight excluding hydrogens is 248 g/mol. The van der Waals surface area contributed by atoms with E-state index in [0.717, 1.165) is 41.6 Å². The minimum absolute atomic E-state index is 0.257. The molecule has 0 aromatic carbocycles. The van der Waals surface area contributed by atoms with Crippen LogP contribution in [0.4, 0.5) is 5.82 Å². The Balaban J connectivity index is 2.26. The molecule has 0 radical (unpaired) electrons. The Kier molecular flexibility index (Phi) is 4.06. The molecule has 0 unspecified atom stereocenters. The Morgan fingerprint density at radius 3 is 2.78 bits per heavy atom. The zero-order valence-electron chi connectivity index (χ0n) is 10.7. The highest BCUT2D eigenvalue weighted by Gasteiger charge is 2.28. The molecule has 1 saturated carbocycles. The predicted octanol–water partition coefficient (Wildman–Crippen LogP) is 1.67. The molecule has 18 heavy (non-hydrogen) atoms. The van der Waals surface area contributed by atoms with Crippen molar-refractivity contribution in [2.75, 3.05) is 17.6 Å². The van der Waals surface area contributed by atoms with Crippen LogP contribution in [-0.4, -0.2) is 28.2 Å². The van der Waals surface area contributed by atoms with Gasteiger partial charge >= 0.3 is 0 Å². The number of carbonyl (C=O) groups excluding carboxylic acids is 1. The van der Waals surface area contributed by atoms with Crippen molar-refractivity contribution < 1.29 is 4.79 Å². The van der Waals surface area contributed by atoms with Crippen LogP contribution < -0.4 is 11.1 Å². The molecule has 0 atom stereocenters. The Morgan fingerprint density at radius 2 is 2.22 bits per heavy atom. The lowest BCUT2D eigenvalue weighted by atomic mass is 10.3. The highest BCUT2D eigenvalue weighted by molar-refractivity contribution is 7.99. The number of hydrogen-bond acceptors (Lipinski definition) is 5. The van der Waals surface area contributed by atoms with E-state index in [9.17, 15) is 4.79 Å². The van der Waals surface area contributed by atoms with Crippen LogP contribution in [-0.2, 0) is 4.79 Å². The van der Waals surface area contributed by atoms with Gasteiger partial charge in [-0.3, -0.25) is 4.79 Å². The second kappa shape index (κ2) is 5.56. The van der Waals surface area contributed by atoms with Gasteiger partial charge in [0.15, 0.2) is 0 Å². The molecule has 1 aromatic heterocycles. The summed E-state index contributed by atoms with van der Waals surface area (Å²) in [7, 11) is 0. The van der Waals surface area contributed by atoms with Crippen LogP contribution in [0.1, 0.15) is 37.1 Å². The first-order valence-electron chi connectivity index (χ1n) is 6.15. The van der Waals surface area contributed by atoms with Gasteiger partial charge < -0.3 is 11.1 Å². The van der Waals surface area contributed by atoms with Crippen molar-refractivity contribution in [1.82, 2.24) is 9.97 Å². The molecule has 1 amide bonds. The molecule has 1 fully saturated rings. The summed E-state index contributed by atoms with van der Waals surface area (Å²) in [6.07, 6.45) is 2.32. The maximum absolute atomic E-state index is 10.9. The van der Waals surface area contributed by atoms with Crippen molar-refractivity contribution in [3.8, 4) is 0 Å². The number of nitrogens with zero attached hydrogens (tertiary/aromatic N) is 2. The summed E-state index contributed by atoms with van der Waals surface area (Å²) in [6, 6.07) is 0. The van der Waals surface area contributed by atoms with Crippen LogP contribution in [0.2, 0.25) is 0 Å². The Morgan fingerprint density at radius 1 is 1.50 bits per heavy atom. The van der Waals surface area contributed by atoms with E-state index in [-0.39, 0.29) is 11.7 Å². The Bertz CT molecular complexity index is 460. The van der Waals surface area contributed by atoms with Crippen molar-refractivity contribution in [3.63, 3.8) is 0 Å². The summed E-state index contributed by atoms with van der Waals surface area (Å²) >= 11 is 1.39. The SMILES string of the molecule is CCNc1nc(C2CC2)nc(SCC(N)=O)c1C. The lowest BCUT2D eigenvalue weighted by Crippen LogP contribution is -2.14. The third kappa shape index (κ3) is 3.13. The summed E-state index contributed by atoms with van der Waals surface area (Å²) in [5.41, 5.74) is 6.17. The van der Waals surface area contributed by atoms with E-state index in [4.69, 9.17) is 5.73 Å². The van der Waals surface area contributed by atoms with Gasteiger partial charge in [-0.25, -0.2) is 9.97 Å². The van der Waals surface area contributed by atoms with Gasteiger partial charge in [0.25, 0.3) is 0 Å². The average molecular weight is 266 g/mol. The molecular formula is C12H18N4OS. The molecule has 0 saturated heterocycles. The van der Waals surface area contributed by atoms with Crippen LogP contribution in [0, 0.1) is 6.92 Å². The molecule has 3 N–H and O–H groups in total. The number of carbonyl (C=O) groups is 1. The first-order valence-corrected chi connectivity index (χ1v) is 7.14. The largest absolute Gasteiger partial charge is 0.370 e. The fraction of sp³-hybridized carbons (Fsp3) is 0.583. The maximum Gasteiger partial charge on any atom is 0.227 e. The normalized spacial score (nSPS) is 14.6. The van der Waals surface area contributed by atoms with Gasteiger partial charge in [-0.2, -0.15) is 0 Å². The molecule has 1 aliphatic rings. The number of anilines is 1. The first-order chi connectivity index (χ1) is 8.61. The van der Waals surface area contributed by atoms with Crippen molar-refractivity contribution in [2.45, 2.75) is 37.6 Å². The molecule has 1 aliphatic carbocycles. The van der Waals surface area contributed by atoms with Crippen LogP contribution in [0.15, 0.2) is 5.03 Å². The van der Waals surface area contributed by atoms with E-state index in [1.165, 1.54) is 11.8 Å². The van der Waals surface area contributed by atoms with Gasteiger partial charge in [0.2, 0.25) is 5.91 Å². The minimum atomic E-state index is -0.323. The molecule has 1 heterocycles. The van der Waals surface area contributed by atoms with E-state index in [0.29, 0.717) is 5.92 Å². The zero-order chi connectivity index (χ0) is 13.1. The summed E-state index contributed by atoms with van der Waals surface area (Å²) in [5.74, 6) is 2.20. The highest BCUT2D eigenvalue weighted by atomic mass is 32.2. The molecule has 1 aromatic rings. The van der Waals surface area contributed by atoms with Gasteiger partial charge in [-0.1, -0.05) is 11.8 Å². The number of rotatable bonds is 6. The fourth-order valence-electron chi connectivity index (χ4n) is 1.66. The molecule has 0 bridgehead atoms. The number of aromatic nitrogens is 2. The van der Waals surface area contributed by atoms with Crippen LogP contribution >= 0.6 is 11.8 Å². The number of amides is 1. The van der Waals surface area contributed by atoms with E-state index in [1.54, 1.807) is 0 Å². The van der Waals surface area contributed by atoms with Crippen molar-refractivity contribution in [2.24, 2.45) is 5.73 Å². The zero-order valence-corrected chi connectivity index (χ0v) is 11.5. The highest BCUT2D eigenvalue weighted by Crippen LogP contribution is 2.39. The molecule has 0 spiro atoms. The first kappa shape index (κ1) is 13.1. The molecule has 6 heteroatoms. The average Bonchev–Trinajstić information content (AvgIpc) is 3.14. The van der Waals surface area contributed by atoms with Crippen LogP contribution in [0.25, 0.3) is 0 Å². The molecule has 2 rings (SSSR count).